The van der Waals surface area contributed by atoms with Gasteiger partial charge >= 0.3 is 0 Å². The van der Waals surface area contributed by atoms with Crippen molar-refractivity contribution in [3.8, 4) is 0 Å². The van der Waals surface area contributed by atoms with Gasteiger partial charge in [0.1, 0.15) is 0 Å². The Morgan fingerprint density at radius 3 is 2.11 bits per heavy atom. The van der Waals surface area contributed by atoms with E-state index < -0.39 is 10.0 Å². The molecule has 0 unspecified atom stereocenters. The van der Waals surface area contributed by atoms with Gasteiger partial charge in [-0.05, 0) is 30.0 Å². The summed E-state index contributed by atoms with van der Waals surface area (Å²) in [5.41, 5.74) is 6.53. The second kappa shape index (κ2) is 5.38. The van der Waals surface area contributed by atoms with Gasteiger partial charge in [-0.2, -0.15) is 0 Å². The van der Waals surface area contributed by atoms with Gasteiger partial charge in [0.15, 0.2) is 0 Å². The number of benzene rings is 1. The highest BCUT2D eigenvalue weighted by Gasteiger charge is 2.18. The van der Waals surface area contributed by atoms with E-state index >= 15 is 0 Å². The molecule has 0 aliphatic heterocycles. The molecule has 0 bridgehead atoms. The van der Waals surface area contributed by atoms with Crippen molar-refractivity contribution < 1.29 is 8.42 Å². The van der Waals surface area contributed by atoms with Crippen molar-refractivity contribution in [3.63, 3.8) is 0 Å². The maximum Gasteiger partial charge on any atom is 0.240 e. The third kappa shape index (κ3) is 3.80. The number of rotatable bonds is 4. The van der Waals surface area contributed by atoms with E-state index in [4.69, 9.17) is 5.73 Å². The van der Waals surface area contributed by atoms with Crippen LogP contribution in [-0.4, -0.2) is 21.0 Å². The molecule has 1 rings (SSSR count). The van der Waals surface area contributed by atoms with Gasteiger partial charge in [-0.25, -0.2) is 13.1 Å². The summed E-state index contributed by atoms with van der Waals surface area (Å²) in [6, 6.07) is 6.69. The first-order chi connectivity index (χ1) is 8.16. The van der Waals surface area contributed by atoms with Crippen LogP contribution in [-0.2, 0) is 15.4 Å². The van der Waals surface area contributed by atoms with Crippen LogP contribution in [0.3, 0.4) is 0 Å². The molecule has 1 aromatic carbocycles. The number of nitrogens with one attached hydrogen (secondary N) is 1. The van der Waals surface area contributed by atoms with Crippen molar-refractivity contribution in [2.75, 3.05) is 6.54 Å². The zero-order valence-corrected chi connectivity index (χ0v) is 12.2. The Labute approximate surface area is 110 Å². The third-order valence-electron chi connectivity index (χ3n) is 2.74. The molecule has 102 valence electrons. The van der Waals surface area contributed by atoms with Crippen LogP contribution < -0.4 is 10.5 Å². The molecule has 1 aromatic rings. The van der Waals surface area contributed by atoms with Crippen molar-refractivity contribution >= 4 is 10.0 Å². The Kier molecular flexibility index (Phi) is 4.53. The highest BCUT2D eigenvalue weighted by atomic mass is 32.2. The molecule has 0 spiro atoms. The molecule has 1 atom stereocenters. The molecule has 0 saturated carbocycles. The van der Waals surface area contributed by atoms with Gasteiger partial charge in [0, 0.05) is 12.6 Å². The van der Waals surface area contributed by atoms with Crippen molar-refractivity contribution in [2.45, 2.75) is 44.0 Å². The SMILES string of the molecule is C[C@@H](CN)NS(=O)(=O)c1ccc(C(C)(C)C)cc1. The fourth-order valence-corrected chi connectivity index (χ4v) is 2.77. The molecular formula is C13H22N2O2S. The molecular weight excluding hydrogens is 248 g/mol. The average molecular weight is 270 g/mol. The summed E-state index contributed by atoms with van der Waals surface area (Å²) < 4.78 is 26.5. The molecule has 0 heterocycles. The van der Waals surface area contributed by atoms with Gasteiger partial charge in [-0.3, -0.25) is 0 Å². The van der Waals surface area contributed by atoms with Gasteiger partial charge < -0.3 is 5.73 Å². The minimum Gasteiger partial charge on any atom is -0.329 e. The Morgan fingerprint density at radius 2 is 1.72 bits per heavy atom. The second-order valence-corrected chi connectivity index (χ2v) is 7.25. The predicted octanol–water partition coefficient (Wildman–Crippen LogP) is 1.61. The lowest BCUT2D eigenvalue weighted by Gasteiger charge is -2.19. The zero-order chi connectivity index (χ0) is 14.0. The Hall–Kier alpha value is -0.910. The van der Waals surface area contributed by atoms with E-state index in [9.17, 15) is 8.42 Å². The van der Waals surface area contributed by atoms with Crippen LogP contribution in [0.5, 0.6) is 0 Å². The number of hydrogen-bond donors (Lipinski definition) is 2. The first kappa shape index (κ1) is 15.1. The molecule has 0 saturated heterocycles. The number of nitrogens with two attached hydrogens (primary N) is 1. The minimum atomic E-state index is -3.46. The van der Waals surface area contributed by atoms with Crippen LogP contribution in [0.4, 0.5) is 0 Å². The van der Waals surface area contributed by atoms with Crippen molar-refractivity contribution in [1.82, 2.24) is 4.72 Å². The summed E-state index contributed by atoms with van der Waals surface area (Å²) in [6.45, 7) is 8.28. The average Bonchev–Trinajstić information content (AvgIpc) is 2.27. The largest absolute Gasteiger partial charge is 0.329 e. The van der Waals surface area contributed by atoms with Gasteiger partial charge in [0.25, 0.3) is 0 Å². The molecule has 0 amide bonds. The topological polar surface area (TPSA) is 72.2 Å². The Bertz CT molecular complexity index is 487. The maximum atomic E-state index is 12.0. The molecule has 0 aliphatic rings. The number of sulfonamides is 1. The minimum absolute atomic E-state index is 0.0142. The van der Waals surface area contributed by atoms with E-state index in [1.54, 1.807) is 19.1 Å². The van der Waals surface area contributed by atoms with Crippen LogP contribution in [0.15, 0.2) is 29.2 Å². The molecule has 3 N–H and O–H groups in total. The predicted molar refractivity (Wildman–Crippen MR) is 74.0 cm³/mol. The van der Waals surface area contributed by atoms with Crippen LogP contribution >= 0.6 is 0 Å². The fourth-order valence-electron chi connectivity index (χ4n) is 1.52. The molecule has 0 radical (unpaired) electrons. The Morgan fingerprint density at radius 1 is 1.22 bits per heavy atom. The summed E-state index contributed by atoms with van der Waals surface area (Å²) in [6.07, 6.45) is 0. The standard InChI is InChI=1S/C13H22N2O2S/c1-10(9-14)15-18(16,17)12-7-5-11(6-8-12)13(2,3)4/h5-8,10,15H,9,14H2,1-4H3/t10-/m0/s1. The van der Waals surface area contributed by atoms with Crippen LogP contribution in [0, 0.1) is 0 Å². The lowest BCUT2D eigenvalue weighted by Crippen LogP contribution is -2.37. The van der Waals surface area contributed by atoms with Crippen molar-refractivity contribution in [1.29, 1.82) is 0 Å². The summed E-state index contributed by atoms with van der Waals surface area (Å²) in [7, 11) is -3.46. The van der Waals surface area contributed by atoms with Gasteiger partial charge in [0.2, 0.25) is 10.0 Å². The van der Waals surface area contributed by atoms with Crippen molar-refractivity contribution in [2.24, 2.45) is 5.73 Å². The first-order valence-electron chi connectivity index (χ1n) is 6.00. The first-order valence-corrected chi connectivity index (χ1v) is 7.48. The number of hydrogen-bond acceptors (Lipinski definition) is 3. The maximum absolute atomic E-state index is 12.0. The highest BCUT2D eigenvalue weighted by molar-refractivity contribution is 7.89. The lowest BCUT2D eigenvalue weighted by molar-refractivity contribution is 0.561. The highest BCUT2D eigenvalue weighted by Crippen LogP contribution is 2.23. The molecule has 0 aromatic heterocycles. The summed E-state index contributed by atoms with van der Waals surface area (Å²) in [5.74, 6) is 0. The van der Waals surface area contributed by atoms with Gasteiger partial charge in [-0.1, -0.05) is 32.9 Å². The monoisotopic (exact) mass is 270 g/mol. The molecule has 0 fully saturated rings. The van der Waals surface area contributed by atoms with E-state index in [-0.39, 0.29) is 22.9 Å². The smallest absolute Gasteiger partial charge is 0.240 e. The molecule has 5 heteroatoms. The molecule has 0 aliphatic carbocycles. The van der Waals surface area contributed by atoms with Crippen LogP contribution in [0.1, 0.15) is 33.3 Å². The zero-order valence-electron chi connectivity index (χ0n) is 11.4. The summed E-state index contributed by atoms with van der Waals surface area (Å²) in [4.78, 5) is 0.274. The van der Waals surface area contributed by atoms with Crippen LogP contribution in [0.25, 0.3) is 0 Å². The third-order valence-corrected chi connectivity index (χ3v) is 4.35. The lowest BCUT2D eigenvalue weighted by atomic mass is 9.87. The van der Waals surface area contributed by atoms with E-state index in [0.29, 0.717) is 0 Å². The van der Waals surface area contributed by atoms with E-state index in [2.05, 4.69) is 25.5 Å². The molecule has 4 nitrogen and oxygen atoms in total. The van der Waals surface area contributed by atoms with Gasteiger partial charge in [0.05, 0.1) is 4.90 Å². The normalized spacial score (nSPS) is 14.5. The Balaban J connectivity index is 2.98. The second-order valence-electron chi connectivity index (χ2n) is 5.53. The summed E-state index contributed by atoms with van der Waals surface area (Å²) >= 11 is 0. The van der Waals surface area contributed by atoms with E-state index in [1.165, 1.54) is 0 Å². The van der Waals surface area contributed by atoms with Crippen LogP contribution in [0.2, 0.25) is 0 Å². The summed E-state index contributed by atoms with van der Waals surface area (Å²) in [5, 5.41) is 0. The van der Waals surface area contributed by atoms with Crippen molar-refractivity contribution in [3.05, 3.63) is 29.8 Å². The fraction of sp³-hybridized carbons (Fsp3) is 0.538. The van der Waals surface area contributed by atoms with E-state index in [0.717, 1.165) is 5.56 Å². The van der Waals surface area contributed by atoms with Gasteiger partial charge in [-0.15, -0.1) is 0 Å². The quantitative estimate of drug-likeness (QED) is 0.873. The van der Waals surface area contributed by atoms with E-state index in [1.807, 2.05) is 12.1 Å². The molecule has 18 heavy (non-hydrogen) atoms.